The van der Waals surface area contributed by atoms with E-state index < -0.39 is 0 Å². The van der Waals surface area contributed by atoms with Crippen molar-refractivity contribution in [2.24, 2.45) is 0 Å². The Hall–Kier alpha value is -1.84. The van der Waals surface area contributed by atoms with E-state index in [2.05, 4.69) is 23.2 Å². The minimum atomic E-state index is -0.0616. The minimum absolute atomic E-state index is 0.0616. The first-order valence-corrected chi connectivity index (χ1v) is 8.03. The third kappa shape index (κ3) is 2.21. The second kappa shape index (κ2) is 5.41. The van der Waals surface area contributed by atoms with Crippen molar-refractivity contribution >= 4 is 17.2 Å². The molecule has 0 unspecified atom stereocenters. The van der Waals surface area contributed by atoms with Crippen molar-refractivity contribution in [2.75, 3.05) is 0 Å². The van der Waals surface area contributed by atoms with Crippen molar-refractivity contribution in [3.05, 3.63) is 58.4 Å². The van der Waals surface area contributed by atoms with Crippen LogP contribution in [0.15, 0.2) is 36.5 Å². The van der Waals surface area contributed by atoms with Gasteiger partial charge in [0, 0.05) is 11.8 Å². The number of pyridine rings is 1. The fraction of sp³-hybridized carbons (Fsp3) is 0.278. The van der Waals surface area contributed by atoms with Crippen LogP contribution < -0.4 is 0 Å². The van der Waals surface area contributed by atoms with Crippen molar-refractivity contribution in [1.29, 1.82) is 0 Å². The molecule has 1 aromatic carbocycles. The smallest absolute Gasteiger partial charge is 0.137 e. The maximum Gasteiger partial charge on any atom is 0.137 e. The quantitative estimate of drug-likeness (QED) is 0.776. The lowest BCUT2D eigenvalue weighted by Crippen LogP contribution is -2.02. The predicted molar refractivity (Wildman–Crippen MR) is 88.2 cm³/mol. The normalized spacial score (nSPS) is 14.3. The van der Waals surface area contributed by atoms with E-state index in [1.54, 1.807) is 6.20 Å². The topological polar surface area (TPSA) is 37.5 Å². The molecule has 1 aliphatic rings. The number of nitrogens with zero attached hydrogens (tertiary/aromatic N) is 2. The van der Waals surface area contributed by atoms with Crippen LogP contribution in [0.3, 0.4) is 0 Å². The first-order valence-electron chi connectivity index (χ1n) is 7.66. The molecule has 2 aromatic heterocycles. The number of hydrogen-bond donors (Lipinski definition) is 1. The Morgan fingerprint density at radius 3 is 2.73 bits per heavy atom. The van der Waals surface area contributed by atoms with Gasteiger partial charge in [-0.1, -0.05) is 23.7 Å². The van der Waals surface area contributed by atoms with Crippen LogP contribution in [0.2, 0.25) is 5.02 Å². The van der Waals surface area contributed by atoms with Gasteiger partial charge in [0.15, 0.2) is 0 Å². The Kier molecular flexibility index (Phi) is 3.40. The summed E-state index contributed by atoms with van der Waals surface area (Å²) in [7, 11) is 0. The van der Waals surface area contributed by atoms with Crippen LogP contribution in [0.5, 0.6) is 0 Å². The van der Waals surface area contributed by atoms with Gasteiger partial charge >= 0.3 is 0 Å². The van der Waals surface area contributed by atoms with Crippen LogP contribution in [-0.4, -0.2) is 14.5 Å². The zero-order chi connectivity index (χ0) is 15.1. The number of hydrogen-bond acceptors (Lipinski definition) is 2. The summed E-state index contributed by atoms with van der Waals surface area (Å²) in [5.41, 5.74) is 6.38. The molecule has 0 saturated heterocycles. The van der Waals surface area contributed by atoms with Crippen LogP contribution >= 0.6 is 11.6 Å². The fourth-order valence-electron chi connectivity index (χ4n) is 3.33. The number of aryl methyl sites for hydroxylation is 2. The van der Waals surface area contributed by atoms with E-state index in [9.17, 15) is 5.11 Å². The highest BCUT2D eigenvalue weighted by atomic mass is 35.5. The standard InChI is InChI=1S/C18H17ClN2O/c19-15-7-8-17-20-18(16(11-22)21(17)10-15)14-6-5-12-3-1-2-4-13(12)9-14/h5-10,22H,1-4,11H2. The van der Waals surface area contributed by atoms with Crippen molar-refractivity contribution in [2.45, 2.75) is 32.3 Å². The summed E-state index contributed by atoms with van der Waals surface area (Å²) in [6, 6.07) is 10.3. The molecule has 22 heavy (non-hydrogen) atoms. The van der Waals surface area contributed by atoms with Crippen LogP contribution in [0.4, 0.5) is 0 Å². The van der Waals surface area contributed by atoms with E-state index in [1.807, 2.05) is 16.5 Å². The highest BCUT2D eigenvalue weighted by Crippen LogP contribution is 2.30. The van der Waals surface area contributed by atoms with Gasteiger partial charge in [-0.25, -0.2) is 4.98 Å². The largest absolute Gasteiger partial charge is 0.390 e. The average Bonchev–Trinajstić information content (AvgIpc) is 2.92. The van der Waals surface area contributed by atoms with Gasteiger partial charge in [0.1, 0.15) is 5.65 Å². The van der Waals surface area contributed by atoms with Gasteiger partial charge in [0.2, 0.25) is 0 Å². The Bertz CT molecular complexity index is 854. The number of rotatable bonds is 2. The molecule has 2 heterocycles. The molecule has 0 bridgehead atoms. The molecule has 0 aliphatic heterocycles. The summed E-state index contributed by atoms with van der Waals surface area (Å²) in [5.74, 6) is 0. The Labute approximate surface area is 134 Å². The summed E-state index contributed by atoms with van der Waals surface area (Å²) in [6.45, 7) is -0.0616. The third-order valence-corrected chi connectivity index (χ3v) is 4.68. The number of benzene rings is 1. The van der Waals surface area contributed by atoms with Crippen LogP contribution in [0, 0.1) is 0 Å². The summed E-state index contributed by atoms with van der Waals surface area (Å²) in [4.78, 5) is 4.69. The molecule has 4 rings (SSSR count). The minimum Gasteiger partial charge on any atom is -0.390 e. The van der Waals surface area contributed by atoms with E-state index >= 15 is 0 Å². The predicted octanol–water partition coefficient (Wildman–Crippen LogP) is 4.03. The monoisotopic (exact) mass is 312 g/mol. The van der Waals surface area contributed by atoms with Crippen molar-refractivity contribution in [3.63, 3.8) is 0 Å². The molecule has 0 saturated carbocycles. The molecule has 0 radical (unpaired) electrons. The number of aliphatic hydroxyl groups is 1. The summed E-state index contributed by atoms with van der Waals surface area (Å²) >= 11 is 6.07. The molecule has 0 spiro atoms. The maximum absolute atomic E-state index is 9.79. The molecule has 3 nitrogen and oxygen atoms in total. The van der Waals surface area contributed by atoms with E-state index in [0.717, 1.165) is 29.0 Å². The first-order chi connectivity index (χ1) is 10.8. The number of imidazole rings is 1. The van der Waals surface area contributed by atoms with Gasteiger partial charge < -0.3 is 5.11 Å². The SMILES string of the molecule is OCc1c(-c2ccc3c(c2)CCCC3)nc2ccc(Cl)cn12. The number of halogens is 1. The molecule has 0 atom stereocenters. The Balaban J connectivity index is 1.90. The number of aliphatic hydroxyl groups excluding tert-OH is 1. The van der Waals surface area contributed by atoms with Gasteiger partial charge in [-0.05, 0) is 55.0 Å². The van der Waals surface area contributed by atoms with Crippen LogP contribution in [0.25, 0.3) is 16.9 Å². The Morgan fingerprint density at radius 2 is 1.91 bits per heavy atom. The molecule has 0 amide bonds. The highest BCUT2D eigenvalue weighted by molar-refractivity contribution is 6.30. The van der Waals surface area contributed by atoms with Gasteiger partial charge in [-0.3, -0.25) is 4.40 Å². The first kappa shape index (κ1) is 13.8. The fourth-order valence-corrected chi connectivity index (χ4v) is 3.49. The Morgan fingerprint density at radius 1 is 1.09 bits per heavy atom. The number of fused-ring (bicyclic) bond motifs is 2. The maximum atomic E-state index is 9.79. The molecule has 1 N–H and O–H groups in total. The lowest BCUT2D eigenvalue weighted by molar-refractivity contribution is 0.276. The van der Waals surface area contributed by atoms with Gasteiger partial charge in [-0.15, -0.1) is 0 Å². The summed E-state index contributed by atoms with van der Waals surface area (Å²) in [5, 5.41) is 10.4. The van der Waals surface area contributed by atoms with Crippen molar-refractivity contribution < 1.29 is 5.11 Å². The summed E-state index contributed by atoms with van der Waals surface area (Å²) in [6.07, 6.45) is 6.64. The van der Waals surface area contributed by atoms with E-state index in [0.29, 0.717) is 5.02 Å². The number of aromatic nitrogens is 2. The van der Waals surface area contributed by atoms with Crippen LogP contribution in [0.1, 0.15) is 29.7 Å². The van der Waals surface area contributed by atoms with Crippen LogP contribution in [-0.2, 0) is 19.4 Å². The summed E-state index contributed by atoms with van der Waals surface area (Å²) < 4.78 is 1.87. The lowest BCUT2D eigenvalue weighted by Gasteiger charge is -2.16. The molecule has 112 valence electrons. The molecular formula is C18H17ClN2O. The third-order valence-electron chi connectivity index (χ3n) is 4.45. The zero-order valence-corrected chi connectivity index (χ0v) is 13.0. The molecule has 3 aromatic rings. The molecule has 4 heteroatoms. The second-order valence-corrected chi connectivity index (χ2v) is 6.27. The van der Waals surface area contributed by atoms with Gasteiger partial charge in [-0.2, -0.15) is 0 Å². The van der Waals surface area contributed by atoms with E-state index in [1.165, 1.54) is 30.4 Å². The van der Waals surface area contributed by atoms with Crippen molar-refractivity contribution in [3.8, 4) is 11.3 Å². The van der Waals surface area contributed by atoms with E-state index in [-0.39, 0.29) is 6.61 Å². The van der Waals surface area contributed by atoms with Gasteiger partial charge in [0.25, 0.3) is 0 Å². The molecule has 1 aliphatic carbocycles. The average molecular weight is 313 g/mol. The van der Waals surface area contributed by atoms with Gasteiger partial charge in [0.05, 0.1) is 23.0 Å². The lowest BCUT2D eigenvalue weighted by atomic mass is 9.90. The van der Waals surface area contributed by atoms with Crippen molar-refractivity contribution in [1.82, 2.24) is 9.38 Å². The van der Waals surface area contributed by atoms with E-state index in [4.69, 9.17) is 11.6 Å². The highest BCUT2D eigenvalue weighted by Gasteiger charge is 2.16. The molecule has 0 fully saturated rings. The zero-order valence-electron chi connectivity index (χ0n) is 12.2. The molecular weight excluding hydrogens is 296 g/mol. The second-order valence-electron chi connectivity index (χ2n) is 5.83.